The number of nitrogens with zero attached hydrogens (tertiary/aromatic N) is 2. The van der Waals surface area contributed by atoms with Gasteiger partial charge in [-0.2, -0.15) is 0 Å². The van der Waals surface area contributed by atoms with Crippen molar-refractivity contribution in [3.05, 3.63) is 0 Å². The predicted molar refractivity (Wildman–Crippen MR) is 98.1 cm³/mol. The van der Waals surface area contributed by atoms with Gasteiger partial charge < -0.3 is 0 Å². The maximum Gasteiger partial charge on any atom is 0.229 e. The second kappa shape index (κ2) is 11.1. The van der Waals surface area contributed by atoms with Crippen LogP contribution < -0.4 is 0 Å². The van der Waals surface area contributed by atoms with Gasteiger partial charge in [0, 0.05) is 38.8 Å². The lowest BCUT2D eigenvalue weighted by atomic mass is 10.1. The zero-order chi connectivity index (χ0) is 18.8. The molecular weight excluding hydrogens is 332 g/mol. The highest BCUT2D eigenvalue weighted by Gasteiger charge is 2.23. The Bertz CT molecular complexity index is 472. The molecule has 0 aliphatic carbocycles. The summed E-state index contributed by atoms with van der Waals surface area (Å²) < 4.78 is 0. The summed E-state index contributed by atoms with van der Waals surface area (Å²) in [5, 5.41) is 0. The minimum atomic E-state index is -0.0526. The van der Waals surface area contributed by atoms with Crippen LogP contribution in [0.3, 0.4) is 0 Å². The molecule has 0 aromatic carbocycles. The molecule has 146 valence electrons. The molecule has 0 aromatic heterocycles. The van der Waals surface area contributed by atoms with Gasteiger partial charge in [-0.3, -0.25) is 29.0 Å². The number of imide groups is 2. The van der Waals surface area contributed by atoms with E-state index in [2.05, 4.69) is 0 Å². The van der Waals surface area contributed by atoms with E-state index in [1.165, 1.54) is 9.80 Å². The third kappa shape index (κ3) is 6.54. The molecule has 2 aliphatic heterocycles. The van der Waals surface area contributed by atoms with Crippen LogP contribution in [0.4, 0.5) is 0 Å². The average Bonchev–Trinajstić information content (AvgIpc) is 2.97. The number of rotatable bonds is 7. The maximum absolute atomic E-state index is 12.2. The first-order valence-electron chi connectivity index (χ1n) is 10.3. The van der Waals surface area contributed by atoms with E-state index in [1.807, 2.05) is 0 Å². The first-order valence-corrected chi connectivity index (χ1v) is 10.3. The van der Waals surface area contributed by atoms with Gasteiger partial charge in [-0.25, -0.2) is 0 Å². The molecule has 0 spiro atoms. The summed E-state index contributed by atoms with van der Waals surface area (Å²) in [4.78, 5) is 51.0. The topological polar surface area (TPSA) is 74.8 Å². The molecule has 0 unspecified atom stereocenters. The van der Waals surface area contributed by atoms with E-state index in [1.54, 1.807) is 0 Å². The van der Waals surface area contributed by atoms with Crippen molar-refractivity contribution in [2.45, 2.75) is 89.9 Å². The lowest BCUT2D eigenvalue weighted by molar-refractivity contribution is -0.146. The number of unbranched alkanes of at least 4 members (excludes halogenated alkanes) is 3. The van der Waals surface area contributed by atoms with Gasteiger partial charge in [0.05, 0.1) is 0 Å². The number of hydrogen-bond acceptors (Lipinski definition) is 4. The van der Waals surface area contributed by atoms with Gasteiger partial charge in [-0.1, -0.05) is 25.7 Å². The van der Waals surface area contributed by atoms with E-state index in [-0.39, 0.29) is 23.6 Å². The average molecular weight is 364 g/mol. The third-order valence-electron chi connectivity index (χ3n) is 5.28. The normalized spacial score (nSPS) is 19.2. The number of carbonyl (C=O) groups excluding carboxylic acids is 4. The monoisotopic (exact) mass is 364 g/mol. The molecular formula is C20H32N2O4. The van der Waals surface area contributed by atoms with Crippen LogP contribution in [0.5, 0.6) is 0 Å². The summed E-state index contributed by atoms with van der Waals surface area (Å²) in [6.45, 7) is 1.13. The van der Waals surface area contributed by atoms with Crippen molar-refractivity contribution in [2.24, 2.45) is 0 Å². The van der Waals surface area contributed by atoms with Crippen LogP contribution in [0.15, 0.2) is 0 Å². The molecule has 6 nitrogen and oxygen atoms in total. The minimum Gasteiger partial charge on any atom is -0.283 e. The van der Waals surface area contributed by atoms with Crippen molar-refractivity contribution in [1.82, 2.24) is 9.80 Å². The van der Waals surface area contributed by atoms with Crippen LogP contribution in [0.25, 0.3) is 0 Å². The Morgan fingerprint density at radius 3 is 1.46 bits per heavy atom. The maximum atomic E-state index is 12.2. The van der Waals surface area contributed by atoms with E-state index in [0.717, 1.165) is 64.2 Å². The molecule has 4 amide bonds. The summed E-state index contributed by atoms with van der Waals surface area (Å²) in [6.07, 6.45) is 10.7. The minimum absolute atomic E-state index is 0.0276. The second-order valence-corrected chi connectivity index (χ2v) is 7.41. The van der Waals surface area contributed by atoms with Gasteiger partial charge in [0.2, 0.25) is 23.6 Å². The highest BCUT2D eigenvalue weighted by Crippen LogP contribution is 2.16. The Morgan fingerprint density at radius 2 is 1.04 bits per heavy atom. The predicted octanol–water partition coefficient (Wildman–Crippen LogP) is 3.19. The molecule has 0 bridgehead atoms. The Kier molecular flexibility index (Phi) is 8.78. The summed E-state index contributed by atoms with van der Waals surface area (Å²) >= 11 is 0. The molecule has 0 aromatic rings. The van der Waals surface area contributed by atoms with Crippen molar-refractivity contribution in [2.75, 3.05) is 13.1 Å². The molecule has 0 radical (unpaired) electrons. The largest absolute Gasteiger partial charge is 0.283 e. The summed E-state index contributed by atoms with van der Waals surface area (Å²) in [5.74, 6) is -0.160. The van der Waals surface area contributed by atoms with Gasteiger partial charge in [-0.15, -0.1) is 0 Å². The highest BCUT2D eigenvalue weighted by molar-refractivity contribution is 5.96. The zero-order valence-corrected chi connectivity index (χ0v) is 15.8. The van der Waals surface area contributed by atoms with Gasteiger partial charge in [-0.05, 0) is 38.5 Å². The fraction of sp³-hybridized carbons (Fsp3) is 0.800. The standard InChI is InChI=1S/C20H32N2O4/c23-17(21-15-9-3-7-13-19(21)25)11-5-1-2-6-12-18(24)22-16-10-4-8-14-20(22)26/h1-16H2. The molecule has 6 heteroatoms. The lowest BCUT2D eigenvalue weighted by Crippen LogP contribution is -2.36. The van der Waals surface area contributed by atoms with Gasteiger partial charge in [0.15, 0.2) is 0 Å². The summed E-state index contributed by atoms with van der Waals surface area (Å²) in [6, 6.07) is 0. The number of hydrogen-bond donors (Lipinski definition) is 0. The Balaban J connectivity index is 1.58. The van der Waals surface area contributed by atoms with Crippen molar-refractivity contribution in [1.29, 1.82) is 0 Å². The van der Waals surface area contributed by atoms with Crippen LogP contribution in [0, 0.1) is 0 Å². The first kappa shape index (κ1) is 20.6. The summed E-state index contributed by atoms with van der Waals surface area (Å²) in [5.41, 5.74) is 0. The Labute approximate surface area is 156 Å². The van der Waals surface area contributed by atoms with E-state index in [9.17, 15) is 19.2 Å². The third-order valence-corrected chi connectivity index (χ3v) is 5.28. The Hall–Kier alpha value is -1.72. The van der Waals surface area contributed by atoms with Gasteiger partial charge in [0.1, 0.15) is 0 Å². The molecule has 0 N–H and O–H groups in total. The molecule has 0 saturated carbocycles. The quantitative estimate of drug-likeness (QED) is 0.650. The molecule has 2 fully saturated rings. The molecule has 2 rings (SSSR count). The lowest BCUT2D eigenvalue weighted by Gasteiger charge is -2.19. The van der Waals surface area contributed by atoms with Crippen molar-refractivity contribution >= 4 is 23.6 Å². The number of carbonyl (C=O) groups is 4. The van der Waals surface area contributed by atoms with E-state index < -0.39 is 0 Å². The van der Waals surface area contributed by atoms with Crippen molar-refractivity contribution in [3.8, 4) is 0 Å². The number of amides is 4. The SMILES string of the molecule is O=C(CCCCCCC(=O)N1CCCCCC1=O)N1CCCCCC1=O. The van der Waals surface area contributed by atoms with Crippen LogP contribution in [0.1, 0.15) is 89.9 Å². The van der Waals surface area contributed by atoms with E-state index in [4.69, 9.17) is 0 Å². The molecule has 2 aliphatic rings. The molecule has 0 atom stereocenters. The van der Waals surface area contributed by atoms with Gasteiger partial charge in [0.25, 0.3) is 0 Å². The highest BCUT2D eigenvalue weighted by atomic mass is 16.2. The second-order valence-electron chi connectivity index (χ2n) is 7.41. The fourth-order valence-electron chi connectivity index (χ4n) is 3.67. The zero-order valence-electron chi connectivity index (χ0n) is 15.8. The van der Waals surface area contributed by atoms with Crippen molar-refractivity contribution < 1.29 is 19.2 Å². The fourth-order valence-corrected chi connectivity index (χ4v) is 3.67. The first-order chi connectivity index (χ1) is 12.6. The van der Waals surface area contributed by atoms with Crippen molar-refractivity contribution in [3.63, 3.8) is 0 Å². The summed E-state index contributed by atoms with van der Waals surface area (Å²) in [7, 11) is 0. The van der Waals surface area contributed by atoms with Crippen LogP contribution in [-0.2, 0) is 19.2 Å². The van der Waals surface area contributed by atoms with Crippen LogP contribution in [-0.4, -0.2) is 46.5 Å². The van der Waals surface area contributed by atoms with Gasteiger partial charge >= 0.3 is 0 Å². The Morgan fingerprint density at radius 1 is 0.615 bits per heavy atom. The smallest absolute Gasteiger partial charge is 0.229 e. The molecule has 2 heterocycles. The van der Waals surface area contributed by atoms with E-state index >= 15 is 0 Å². The molecule has 2 saturated heterocycles. The van der Waals surface area contributed by atoms with E-state index in [0.29, 0.717) is 38.8 Å². The van der Waals surface area contributed by atoms with Crippen LogP contribution in [0.2, 0.25) is 0 Å². The van der Waals surface area contributed by atoms with Crippen LogP contribution >= 0.6 is 0 Å². The number of likely N-dealkylation sites (tertiary alicyclic amines) is 2. The molecule has 26 heavy (non-hydrogen) atoms.